The van der Waals surface area contributed by atoms with E-state index in [0.29, 0.717) is 5.75 Å². The van der Waals surface area contributed by atoms with Gasteiger partial charge in [-0.15, -0.1) is 11.6 Å². The molecule has 2 aromatic rings. The minimum Gasteiger partial charge on any atom is -0.497 e. The summed E-state index contributed by atoms with van der Waals surface area (Å²) < 4.78 is 16.0. The Kier molecular flexibility index (Phi) is 4.38. The third kappa shape index (κ3) is 2.71. The van der Waals surface area contributed by atoms with Gasteiger partial charge >= 0.3 is 0 Å². The van der Waals surface area contributed by atoms with E-state index in [9.17, 15) is 0 Å². The van der Waals surface area contributed by atoms with E-state index in [1.165, 1.54) is 0 Å². The summed E-state index contributed by atoms with van der Waals surface area (Å²) in [6.07, 6.45) is 2.48. The molecule has 3 nitrogen and oxygen atoms in total. The number of hydrogen-bond acceptors (Lipinski definition) is 3. The Bertz CT molecular complexity index is 548. The molecular weight excluding hydrogens is 264 g/mol. The molecule has 0 saturated carbocycles. The Morgan fingerprint density at radius 2 is 1.95 bits per heavy atom. The van der Waals surface area contributed by atoms with Gasteiger partial charge in [-0.05, 0) is 18.2 Å². The second kappa shape index (κ2) is 6.02. The highest BCUT2D eigenvalue weighted by Crippen LogP contribution is 2.38. The quantitative estimate of drug-likeness (QED) is 0.770. The van der Waals surface area contributed by atoms with Crippen molar-refractivity contribution in [3.05, 3.63) is 47.4 Å². The standard InChI is InChI=1S/C15H17ClO3/c1-4-13-12(7-8-19-13)15(16)11-6-5-10(17-2)9-14(11)18-3/h5-9,15H,4H2,1-3H3. The van der Waals surface area contributed by atoms with Crippen LogP contribution in [0.5, 0.6) is 11.5 Å². The maximum absolute atomic E-state index is 6.56. The average molecular weight is 281 g/mol. The van der Waals surface area contributed by atoms with E-state index in [0.717, 1.165) is 29.1 Å². The van der Waals surface area contributed by atoms with E-state index < -0.39 is 0 Å². The lowest BCUT2D eigenvalue weighted by molar-refractivity contribution is 0.391. The Morgan fingerprint density at radius 1 is 1.16 bits per heavy atom. The highest BCUT2D eigenvalue weighted by atomic mass is 35.5. The van der Waals surface area contributed by atoms with E-state index in [-0.39, 0.29) is 5.38 Å². The number of hydrogen-bond donors (Lipinski definition) is 0. The van der Waals surface area contributed by atoms with Crippen LogP contribution in [0.3, 0.4) is 0 Å². The SMILES string of the molecule is CCc1occc1C(Cl)c1ccc(OC)cc1OC. The maximum Gasteiger partial charge on any atom is 0.127 e. The molecule has 102 valence electrons. The molecule has 0 saturated heterocycles. The second-order valence-electron chi connectivity index (χ2n) is 4.12. The van der Waals surface area contributed by atoms with Crippen LogP contribution in [0.25, 0.3) is 0 Å². The lowest BCUT2D eigenvalue weighted by Crippen LogP contribution is -1.99. The summed E-state index contributed by atoms with van der Waals surface area (Å²) in [7, 11) is 3.25. The van der Waals surface area contributed by atoms with Gasteiger partial charge in [0.05, 0.1) is 25.9 Å². The molecule has 1 aromatic heterocycles. The van der Waals surface area contributed by atoms with Crippen molar-refractivity contribution < 1.29 is 13.9 Å². The van der Waals surface area contributed by atoms with Crippen molar-refractivity contribution in [2.45, 2.75) is 18.7 Å². The number of furan rings is 1. The van der Waals surface area contributed by atoms with Crippen molar-refractivity contribution in [2.24, 2.45) is 0 Å². The zero-order valence-electron chi connectivity index (χ0n) is 11.3. The van der Waals surface area contributed by atoms with Crippen molar-refractivity contribution in [1.82, 2.24) is 0 Å². The predicted octanol–water partition coefficient (Wildman–Crippen LogP) is 4.19. The number of alkyl halides is 1. The fraction of sp³-hybridized carbons (Fsp3) is 0.333. The second-order valence-corrected chi connectivity index (χ2v) is 4.56. The van der Waals surface area contributed by atoms with Crippen LogP contribution in [0.2, 0.25) is 0 Å². The lowest BCUT2D eigenvalue weighted by atomic mass is 10.0. The molecule has 1 aromatic carbocycles. The normalized spacial score (nSPS) is 12.2. The third-order valence-electron chi connectivity index (χ3n) is 3.09. The number of halogens is 1. The smallest absolute Gasteiger partial charge is 0.127 e. The first-order valence-corrected chi connectivity index (χ1v) is 6.57. The van der Waals surface area contributed by atoms with Gasteiger partial charge in [0.25, 0.3) is 0 Å². The third-order valence-corrected chi connectivity index (χ3v) is 3.56. The lowest BCUT2D eigenvalue weighted by Gasteiger charge is -2.15. The summed E-state index contributed by atoms with van der Waals surface area (Å²) in [5.41, 5.74) is 1.88. The Morgan fingerprint density at radius 3 is 2.58 bits per heavy atom. The van der Waals surface area contributed by atoms with Gasteiger partial charge in [0.1, 0.15) is 17.3 Å². The van der Waals surface area contributed by atoms with Crippen molar-refractivity contribution >= 4 is 11.6 Å². The highest BCUT2D eigenvalue weighted by molar-refractivity contribution is 6.22. The number of aryl methyl sites for hydroxylation is 1. The van der Waals surface area contributed by atoms with E-state index in [1.54, 1.807) is 20.5 Å². The molecular formula is C15H17ClO3. The number of rotatable bonds is 5. The molecule has 0 spiro atoms. The van der Waals surface area contributed by atoms with Crippen molar-refractivity contribution in [2.75, 3.05) is 14.2 Å². The van der Waals surface area contributed by atoms with Crippen LogP contribution in [-0.2, 0) is 6.42 Å². The summed E-state index contributed by atoms with van der Waals surface area (Å²) in [5.74, 6) is 2.35. The number of methoxy groups -OCH3 is 2. The van der Waals surface area contributed by atoms with Gasteiger partial charge in [0.2, 0.25) is 0 Å². The van der Waals surface area contributed by atoms with Crippen LogP contribution in [-0.4, -0.2) is 14.2 Å². The molecule has 1 unspecified atom stereocenters. The minimum atomic E-state index is -0.297. The van der Waals surface area contributed by atoms with Crippen LogP contribution in [0.15, 0.2) is 34.9 Å². The molecule has 19 heavy (non-hydrogen) atoms. The topological polar surface area (TPSA) is 31.6 Å². The summed E-state index contributed by atoms with van der Waals surface area (Å²) in [4.78, 5) is 0. The zero-order chi connectivity index (χ0) is 13.8. The molecule has 0 N–H and O–H groups in total. The Hall–Kier alpha value is -1.61. The first kappa shape index (κ1) is 13.8. The molecule has 0 aliphatic carbocycles. The van der Waals surface area contributed by atoms with E-state index in [2.05, 4.69) is 0 Å². The fourth-order valence-electron chi connectivity index (χ4n) is 2.06. The van der Waals surface area contributed by atoms with Crippen LogP contribution in [0.1, 0.15) is 29.2 Å². The van der Waals surface area contributed by atoms with E-state index in [1.807, 2.05) is 31.2 Å². The van der Waals surface area contributed by atoms with Gasteiger partial charge in [0.15, 0.2) is 0 Å². The van der Waals surface area contributed by atoms with Gasteiger partial charge in [0, 0.05) is 23.6 Å². The average Bonchev–Trinajstić information content (AvgIpc) is 2.94. The molecule has 0 aliphatic rings. The van der Waals surface area contributed by atoms with Gasteiger partial charge in [-0.1, -0.05) is 6.92 Å². The monoisotopic (exact) mass is 280 g/mol. The van der Waals surface area contributed by atoms with Gasteiger partial charge in [-0.2, -0.15) is 0 Å². The highest BCUT2D eigenvalue weighted by Gasteiger charge is 2.20. The van der Waals surface area contributed by atoms with Crippen LogP contribution >= 0.6 is 11.6 Å². The van der Waals surface area contributed by atoms with Gasteiger partial charge in [-0.3, -0.25) is 0 Å². The van der Waals surface area contributed by atoms with Crippen LogP contribution in [0, 0.1) is 0 Å². The molecule has 1 heterocycles. The van der Waals surface area contributed by atoms with Crippen molar-refractivity contribution in [3.8, 4) is 11.5 Å². The number of ether oxygens (including phenoxy) is 2. The maximum atomic E-state index is 6.56. The summed E-state index contributed by atoms with van der Waals surface area (Å²) in [5, 5.41) is -0.297. The first-order valence-electron chi connectivity index (χ1n) is 6.13. The van der Waals surface area contributed by atoms with Gasteiger partial charge < -0.3 is 13.9 Å². The van der Waals surface area contributed by atoms with Crippen molar-refractivity contribution in [1.29, 1.82) is 0 Å². The first-order chi connectivity index (χ1) is 9.21. The molecule has 4 heteroatoms. The summed E-state index contributed by atoms with van der Waals surface area (Å²) in [6, 6.07) is 7.53. The molecule has 0 bridgehead atoms. The Labute approximate surface area is 118 Å². The fourth-order valence-corrected chi connectivity index (χ4v) is 2.43. The zero-order valence-corrected chi connectivity index (χ0v) is 12.0. The molecule has 1 atom stereocenters. The molecule has 0 fully saturated rings. The van der Waals surface area contributed by atoms with Gasteiger partial charge in [-0.25, -0.2) is 0 Å². The Balaban J connectivity index is 2.41. The van der Waals surface area contributed by atoms with Crippen molar-refractivity contribution in [3.63, 3.8) is 0 Å². The van der Waals surface area contributed by atoms with Crippen LogP contribution < -0.4 is 9.47 Å². The largest absolute Gasteiger partial charge is 0.497 e. The minimum absolute atomic E-state index is 0.297. The molecule has 2 rings (SSSR count). The summed E-state index contributed by atoms with van der Waals surface area (Å²) in [6.45, 7) is 2.04. The van der Waals surface area contributed by atoms with E-state index in [4.69, 9.17) is 25.5 Å². The predicted molar refractivity (Wildman–Crippen MR) is 75.3 cm³/mol. The summed E-state index contributed by atoms with van der Waals surface area (Å²) >= 11 is 6.56. The van der Waals surface area contributed by atoms with E-state index >= 15 is 0 Å². The molecule has 0 radical (unpaired) electrons. The molecule has 0 aliphatic heterocycles. The molecule has 0 amide bonds. The van der Waals surface area contributed by atoms with Crippen LogP contribution in [0.4, 0.5) is 0 Å². The number of benzene rings is 1.